The Balaban J connectivity index is 0.000000168. The van der Waals surface area contributed by atoms with Crippen LogP contribution in [0, 0.1) is 0 Å². The van der Waals surface area contributed by atoms with Gasteiger partial charge in [-0.25, -0.2) is 4.79 Å². The van der Waals surface area contributed by atoms with Crippen molar-refractivity contribution >= 4 is 5.97 Å². The normalized spacial score (nSPS) is 28.8. The number of carbonyl (C=O) groups is 1. The largest absolute Gasteiger partial charge is 0.490 e. The van der Waals surface area contributed by atoms with Crippen LogP contribution < -0.4 is 5.32 Å². The summed E-state index contributed by atoms with van der Waals surface area (Å²) in [6, 6.07) is 1.70. The van der Waals surface area contributed by atoms with Crippen molar-refractivity contribution in [3.63, 3.8) is 0 Å². The highest BCUT2D eigenvalue weighted by molar-refractivity contribution is 5.73. The molecule has 0 aromatic carbocycles. The molecule has 0 amide bonds. The number of hydrogen-bond donors (Lipinski definition) is 2. The zero-order valence-electron chi connectivity index (χ0n) is 8.92. The average Bonchev–Trinajstić information content (AvgIpc) is 2.77. The van der Waals surface area contributed by atoms with Crippen molar-refractivity contribution in [3.8, 4) is 0 Å². The molecule has 0 aliphatic carbocycles. The summed E-state index contributed by atoms with van der Waals surface area (Å²) in [7, 11) is 0. The standard InChI is InChI=1S/C7H14N2.C2HF3O2/c1-2-9-5-6-3-7(9)4-8-6;3-2(4,5)1(6)7/h6-8H,2-5H2,1H3;(H,6,7)/t6-,7-;/m0./s1. The first-order valence-electron chi connectivity index (χ1n) is 5.12. The predicted molar refractivity (Wildman–Crippen MR) is 51.1 cm³/mol. The number of carboxylic acids is 1. The van der Waals surface area contributed by atoms with Crippen molar-refractivity contribution in [1.29, 1.82) is 0 Å². The number of hydrogen-bond acceptors (Lipinski definition) is 3. The van der Waals surface area contributed by atoms with Gasteiger partial charge in [-0.3, -0.25) is 4.90 Å². The molecule has 2 fully saturated rings. The van der Waals surface area contributed by atoms with Gasteiger partial charge in [-0.05, 0) is 13.0 Å². The van der Waals surface area contributed by atoms with Crippen LogP contribution >= 0.6 is 0 Å². The molecule has 2 aliphatic heterocycles. The van der Waals surface area contributed by atoms with Crippen molar-refractivity contribution in [2.24, 2.45) is 0 Å². The van der Waals surface area contributed by atoms with E-state index in [2.05, 4.69) is 17.1 Å². The number of likely N-dealkylation sites (tertiary alicyclic amines) is 1. The monoisotopic (exact) mass is 240 g/mol. The molecule has 7 heteroatoms. The maximum absolute atomic E-state index is 10.6. The van der Waals surface area contributed by atoms with Crippen LogP contribution in [-0.2, 0) is 4.79 Å². The summed E-state index contributed by atoms with van der Waals surface area (Å²) in [6.45, 7) is 6.02. The van der Waals surface area contributed by atoms with Crippen molar-refractivity contribution in [2.75, 3.05) is 19.6 Å². The van der Waals surface area contributed by atoms with Crippen LogP contribution in [0.3, 0.4) is 0 Å². The fourth-order valence-electron chi connectivity index (χ4n) is 2.03. The third-order valence-corrected chi connectivity index (χ3v) is 2.82. The van der Waals surface area contributed by atoms with E-state index in [1.54, 1.807) is 0 Å². The maximum Gasteiger partial charge on any atom is 0.490 e. The number of nitrogens with one attached hydrogen (secondary N) is 1. The number of alkyl halides is 3. The first-order valence-corrected chi connectivity index (χ1v) is 5.12. The number of nitrogens with zero attached hydrogens (tertiary/aromatic N) is 1. The van der Waals surface area contributed by atoms with Crippen LogP contribution in [0.25, 0.3) is 0 Å². The number of piperazine rings is 1. The molecule has 2 aliphatic rings. The van der Waals surface area contributed by atoms with E-state index in [0.717, 1.165) is 12.1 Å². The average molecular weight is 240 g/mol. The third kappa shape index (κ3) is 3.34. The lowest BCUT2D eigenvalue weighted by molar-refractivity contribution is -0.192. The minimum atomic E-state index is -5.08. The van der Waals surface area contributed by atoms with Gasteiger partial charge in [0.15, 0.2) is 0 Å². The van der Waals surface area contributed by atoms with Crippen LogP contribution in [0.15, 0.2) is 0 Å². The van der Waals surface area contributed by atoms with Gasteiger partial charge in [0, 0.05) is 25.2 Å². The van der Waals surface area contributed by atoms with E-state index >= 15 is 0 Å². The van der Waals surface area contributed by atoms with Crippen LogP contribution in [0.1, 0.15) is 13.3 Å². The molecule has 2 atom stereocenters. The minimum absolute atomic E-state index is 0.829. The number of rotatable bonds is 1. The van der Waals surface area contributed by atoms with Gasteiger partial charge in [-0.1, -0.05) is 6.92 Å². The molecule has 0 saturated carbocycles. The van der Waals surface area contributed by atoms with E-state index in [1.165, 1.54) is 26.1 Å². The zero-order valence-corrected chi connectivity index (χ0v) is 8.92. The summed E-state index contributed by atoms with van der Waals surface area (Å²) >= 11 is 0. The summed E-state index contributed by atoms with van der Waals surface area (Å²) in [5.74, 6) is -2.76. The smallest absolute Gasteiger partial charge is 0.475 e. The lowest BCUT2D eigenvalue weighted by Crippen LogP contribution is -2.43. The Kier molecular flexibility index (Phi) is 4.15. The highest BCUT2D eigenvalue weighted by Crippen LogP contribution is 2.21. The summed E-state index contributed by atoms with van der Waals surface area (Å²) < 4.78 is 31.7. The molecule has 0 unspecified atom stereocenters. The van der Waals surface area contributed by atoms with Gasteiger partial charge >= 0.3 is 12.1 Å². The fraction of sp³-hybridized carbons (Fsp3) is 0.889. The summed E-state index contributed by atoms with van der Waals surface area (Å²) in [4.78, 5) is 11.5. The van der Waals surface area contributed by atoms with E-state index in [1.807, 2.05) is 0 Å². The number of fused-ring (bicyclic) bond motifs is 2. The molecule has 2 bridgehead atoms. The van der Waals surface area contributed by atoms with Gasteiger partial charge in [-0.2, -0.15) is 13.2 Å². The van der Waals surface area contributed by atoms with Crippen molar-refractivity contribution < 1.29 is 23.1 Å². The molecular weight excluding hydrogens is 225 g/mol. The Bertz CT molecular complexity index is 258. The molecule has 0 spiro atoms. The second-order valence-corrected chi connectivity index (χ2v) is 3.89. The van der Waals surface area contributed by atoms with Gasteiger partial charge in [0.05, 0.1) is 0 Å². The molecule has 2 rings (SSSR count). The number of likely N-dealkylation sites (N-methyl/N-ethyl adjacent to an activating group) is 1. The zero-order chi connectivity index (χ0) is 12.3. The summed E-state index contributed by atoms with van der Waals surface area (Å²) in [5, 5.41) is 10.6. The summed E-state index contributed by atoms with van der Waals surface area (Å²) in [6.07, 6.45) is -3.69. The highest BCUT2D eigenvalue weighted by atomic mass is 19.4. The van der Waals surface area contributed by atoms with E-state index in [-0.39, 0.29) is 0 Å². The molecule has 4 nitrogen and oxygen atoms in total. The second-order valence-electron chi connectivity index (χ2n) is 3.89. The van der Waals surface area contributed by atoms with Crippen molar-refractivity contribution in [2.45, 2.75) is 31.6 Å². The molecular formula is C9H15F3N2O2. The molecule has 2 saturated heterocycles. The van der Waals surface area contributed by atoms with Gasteiger partial charge in [0.2, 0.25) is 0 Å². The van der Waals surface area contributed by atoms with E-state index < -0.39 is 12.1 Å². The third-order valence-electron chi connectivity index (χ3n) is 2.82. The lowest BCUT2D eigenvalue weighted by Gasteiger charge is -2.25. The number of carboxylic acid groups (broad SMARTS) is 1. The second kappa shape index (κ2) is 5.01. The highest BCUT2D eigenvalue weighted by Gasteiger charge is 2.38. The van der Waals surface area contributed by atoms with Crippen LogP contribution in [-0.4, -0.2) is 53.9 Å². The number of halogens is 3. The lowest BCUT2D eigenvalue weighted by atomic mass is 10.2. The molecule has 2 N–H and O–H groups in total. The van der Waals surface area contributed by atoms with Crippen LogP contribution in [0.2, 0.25) is 0 Å². The maximum atomic E-state index is 10.6. The quantitative estimate of drug-likeness (QED) is 0.708. The summed E-state index contributed by atoms with van der Waals surface area (Å²) in [5.41, 5.74) is 0. The first kappa shape index (κ1) is 13.2. The SMILES string of the molecule is CCN1C[C@@H]2C[C@H]1CN2.O=C(O)C(F)(F)F. The van der Waals surface area contributed by atoms with Crippen LogP contribution in [0.4, 0.5) is 13.2 Å². The van der Waals surface area contributed by atoms with E-state index in [4.69, 9.17) is 9.90 Å². The Morgan fingerprint density at radius 2 is 2.12 bits per heavy atom. The number of aliphatic carboxylic acids is 1. The molecule has 0 aromatic heterocycles. The topological polar surface area (TPSA) is 52.6 Å². The predicted octanol–water partition coefficient (Wildman–Crippen LogP) is 0.686. The Hall–Kier alpha value is -0.820. The fourth-order valence-corrected chi connectivity index (χ4v) is 2.03. The van der Waals surface area contributed by atoms with Crippen LogP contribution in [0.5, 0.6) is 0 Å². The van der Waals surface area contributed by atoms with Gasteiger partial charge < -0.3 is 10.4 Å². The molecule has 0 aromatic rings. The van der Waals surface area contributed by atoms with Gasteiger partial charge in [0.1, 0.15) is 0 Å². The Morgan fingerprint density at radius 1 is 1.56 bits per heavy atom. The Morgan fingerprint density at radius 3 is 2.31 bits per heavy atom. The molecule has 16 heavy (non-hydrogen) atoms. The minimum Gasteiger partial charge on any atom is -0.475 e. The van der Waals surface area contributed by atoms with Crippen molar-refractivity contribution in [3.05, 3.63) is 0 Å². The molecule has 0 radical (unpaired) electrons. The van der Waals surface area contributed by atoms with Gasteiger partial charge in [-0.15, -0.1) is 0 Å². The van der Waals surface area contributed by atoms with Crippen molar-refractivity contribution in [1.82, 2.24) is 10.2 Å². The first-order chi connectivity index (χ1) is 7.34. The Labute approximate surface area is 91.4 Å². The van der Waals surface area contributed by atoms with E-state index in [0.29, 0.717) is 0 Å². The molecule has 94 valence electrons. The molecule has 2 heterocycles. The van der Waals surface area contributed by atoms with Gasteiger partial charge in [0.25, 0.3) is 0 Å². The van der Waals surface area contributed by atoms with E-state index in [9.17, 15) is 13.2 Å².